The third-order valence-electron chi connectivity index (χ3n) is 2.89. The highest BCUT2D eigenvalue weighted by Gasteiger charge is 2.19. The van der Waals surface area contributed by atoms with Gasteiger partial charge in [-0.05, 0) is 23.8 Å². The number of nitrogens with two attached hydrogens (primary N) is 1. The number of hydrogen-bond donors (Lipinski definition) is 2. The van der Waals surface area contributed by atoms with Crippen molar-refractivity contribution in [3.05, 3.63) is 63.1 Å². The first kappa shape index (κ1) is 14.3. The first-order chi connectivity index (χ1) is 9.17. The van der Waals surface area contributed by atoms with Crippen LogP contribution in [0.1, 0.15) is 17.2 Å². The van der Waals surface area contributed by atoms with Gasteiger partial charge in [0.25, 0.3) is 0 Å². The SMILES string of the molecule is COc1cc(Br)ccc1C(NN)c1ccccc1Cl. The molecule has 0 heterocycles. The van der Waals surface area contributed by atoms with Gasteiger partial charge in [0.15, 0.2) is 0 Å². The summed E-state index contributed by atoms with van der Waals surface area (Å²) in [6, 6.07) is 13.2. The fraction of sp³-hybridized carbons (Fsp3) is 0.143. The molecule has 2 aromatic carbocycles. The maximum Gasteiger partial charge on any atom is 0.125 e. The van der Waals surface area contributed by atoms with Crippen LogP contribution in [0, 0.1) is 0 Å². The standard InChI is InChI=1S/C14H14BrClN2O/c1-19-13-8-9(15)6-7-11(13)14(18-17)10-4-2-3-5-12(10)16/h2-8,14,18H,17H2,1H3. The van der Waals surface area contributed by atoms with Crippen LogP contribution < -0.4 is 16.0 Å². The summed E-state index contributed by atoms with van der Waals surface area (Å²) in [5.74, 6) is 6.44. The molecule has 5 heteroatoms. The minimum atomic E-state index is -0.225. The van der Waals surface area contributed by atoms with Gasteiger partial charge in [-0.1, -0.05) is 51.8 Å². The second-order valence-electron chi connectivity index (χ2n) is 4.01. The lowest BCUT2D eigenvalue weighted by Crippen LogP contribution is -2.29. The van der Waals surface area contributed by atoms with Gasteiger partial charge in [0.1, 0.15) is 5.75 Å². The van der Waals surface area contributed by atoms with Crippen LogP contribution in [0.3, 0.4) is 0 Å². The molecule has 1 unspecified atom stereocenters. The van der Waals surface area contributed by atoms with Crippen molar-refractivity contribution in [1.29, 1.82) is 0 Å². The molecule has 0 spiro atoms. The molecule has 2 aromatic rings. The molecule has 2 rings (SSSR count). The smallest absolute Gasteiger partial charge is 0.125 e. The van der Waals surface area contributed by atoms with Gasteiger partial charge in [0.05, 0.1) is 13.2 Å². The molecule has 0 aliphatic rings. The molecule has 0 aliphatic heterocycles. The Morgan fingerprint density at radius 3 is 2.58 bits per heavy atom. The van der Waals surface area contributed by atoms with Crippen molar-refractivity contribution >= 4 is 27.5 Å². The summed E-state index contributed by atoms with van der Waals surface area (Å²) in [4.78, 5) is 0. The van der Waals surface area contributed by atoms with Gasteiger partial charge in [-0.25, -0.2) is 5.43 Å². The summed E-state index contributed by atoms with van der Waals surface area (Å²) in [5, 5.41) is 0.662. The topological polar surface area (TPSA) is 47.3 Å². The summed E-state index contributed by atoms with van der Waals surface area (Å²) in [6.07, 6.45) is 0. The van der Waals surface area contributed by atoms with Crippen LogP contribution in [0.4, 0.5) is 0 Å². The van der Waals surface area contributed by atoms with E-state index in [2.05, 4.69) is 21.4 Å². The second kappa shape index (κ2) is 6.39. The number of rotatable bonds is 4. The highest BCUT2D eigenvalue weighted by atomic mass is 79.9. The number of methoxy groups -OCH3 is 1. The molecule has 0 bridgehead atoms. The van der Waals surface area contributed by atoms with Crippen molar-refractivity contribution in [1.82, 2.24) is 5.43 Å². The van der Waals surface area contributed by atoms with E-state index >= 15 is 0 Å². The molecule has 19 heavy (non-hydrogen) atoms. The summed E-state index contributed by atoms with van der Waals surface area (Å²) in [7, 11) is 1.63. The minimum absolute atomic E-state index is 0.225. The van der Waals surface area contributed by atoms with Crippen LogP contribution >= 0.6 is 27.5 Å². The van der Waals surface area contributed by atoms with Crippen LogP contribution in [0.25, 0.3) is 0 Å². The largest absolute Gasteiger partial charge is 0.496 e. The van der Waals surface area contributed by atoms with Gasteiger partial charge in [-0.3, -0.25) is 5.84 Å². The van der Waals surface area contributed by atoms with E-state index in [1.54, 1.807) is 7.11 Å². The fourth-order valence-electron chi connectivity index (χ4n) is 1.98. The monoisotopic (exact) mass is 340 g/mol. The Bertz CT molecular complexity index is 577. The molecule has 0 aliphatic carbocycles. The van der Waals surface area contributed by atoms with Crippen molar-refractivity contribution in [3.63, 3.8) is 0 Å². The molecule has 0 saturated heterocycles. The predicted octanol–water partition coefficient (Wildman–Crippen LogP) is 3.66. The van der Waals surface area contributed by atoms with E-state index in [0.717, 1.165) is 21.3 Å². The lowest BCUT2D eigenvalue weighted by molar-refractivity contribution is 0.404. The van der Waals surface area contributed by atoms with Gasteiger partial charge in [0, 0.05) is 15.1 Å². The number of benzene rings is 2. The van der Waals surface area contributed by atoms with Gasteiger partial charge in [-0.15, -0.1) is 0 Å². The summed E-state index contributed by atoms with van der Waals surface area (Å²) >= 11 is 9.65. The van der Waals surface area contributed by atoms with E-state index < -0.39 is 0 Å². The number of hydrazine groups is 1. The maximum absolute atomic E-state index is 6.23. The quantitative estimate of drug-likeness (QED) is 0.659. The summed E-state index contributed by atoms with van der Waals surface area (Å²) in [5.41, 5.74) is 4.63. The van der Waals surface area contributed by atoms with Crippen molar-refractivity contribution in [3.8, 4) is 5.75 Å². The van der Waals surface area contributed by atoms with Gasteiger partial charge < -0.3 is 4.74 Å². The first-order valence-electron chi connectivity index (χ1n) is 5.71. The zero-order valence-electron chi connectivity index (χ0n) is 10.4. The van der Waals surface area contributed by atoms with Gasteiger partial charge in [0.2, 0.25) is 0 Å². The first-order valence-corrected chi connectivity index (χ1v) is 6.88. The highest BCUT2D eigenvalue weighted by molar-refractivity contribution is 9.10. The van der Waals surface area contributed by atoms with Crippen LogP contribution in [-0.4, -0.2) is 7.11 Å². The Kier molecular flexibility index (Phi) is 4.82. The van der Waals surface area contributed by atoms with E-state index in [-0.39, 0.29) is 6.04 Å². The van der Waals surface area contributed by atoms with E-state index in [0.29, 0.717) is 5.02 Å². The molecule has 0 aromatic heterocycles. The third-order valence-corrected chi connectivity index (χ3v) is 3.73. The minimum Gasteiger partial charge on any atom is -0.496 e. The van der Waals surface area contributed by atoms with Crippen molar-refractivity contribution in [2.24, 2.45) is 5.84 Å². The lowest BCUT2D eigenvalue weighted by Gasteiger charge is -2.20. The third kappa shape index (κ3) is 3.09. The zero-order valence-corrected chi connectivity index (χ0v) is 12.7. The van der Waals surface area contributed by atoms with E-state index in [1.165, 1.54) is 0 Å². The maximum atomic E-state index is 6.23. The van der Waals surface area contributed by atoms with Crippen molar-refractivity contribution in [2.45, 2.75) is 6.04 Å². The Labute approximate surface area is 125 Å². The van der Waals surface area contributed by atoms with Crippen molar-refractivity contribution in [2.75, 3.05) is 7.11 Å². The van der Waals surface area contributed by atoms with Crippen LogP contribution in [0.2, 0.25) is 5.02 Å². The molecule has 0 fully saturated rings. The van der Waals surface area contributed by atoms with Crippen LogP contribution in [0.15, 0.2) is 46.9 Å². The summed E-state index contributed by atoms with van der Waals surface area (Å²) in [6.45, 7) is 0. The van der Waals surface area contributed by atoms with Crippen LogP contribution in [0.5, 0.6) is 5.75 Å². The predicted molar refractivity (Wildman–Crippen MR) is 81.3 cm³/mol. The molecule has 3 nitrogen and oxygen atoms in total. The Balaban J connectivity index is 2.51. The number of halogens is 2. The highest BCUT2D eigenvalue weighted by Crippen LogP contribution is 2.34. The number of hydrogen-bond acceptors (Lipinski definition) is 3. The molecule has 0 amide bonds. The van der Waals surface area contributed by atoms with Crippen LogP contribution in [-0.2, 0) is 0 Å². The Morgan fingerprint density at radius 2 is 1.95 bits per heavy atom. The fourth-order valence-corrected chi connectivity index (χ4v) is 2.56. The van der Waals surface area contributed by atoms with E-state index in [1.807, 2.05) is 42.5 Å². The van der Waals surface area contributed by atoms with E-state index in [9.17, 15) is 0 Å². The molecule has 1 atom stereocenters. The molecule has 0 radical (unpaired) electrons. The molecular weight excluding hydrogens is 328 g/mol. The number of nitrogens with one attached hydrogen (secondary N) is 1. The molecule has 3 N–H and O–H groups in total. The average Bonchev–Trinajstić information content (AvgIpc) is 2.43. The molecule has 100 valence electrons. The van der Waals surface area contributed by atoms with Gasteiger partial charge in [-0.2, -0.15) is 0 Å². The zero-order chi connectivity index (χ0) is 13.8. The number of ether oxygens (including phenoxy) is 1. The summed E-state index contributed by atoms with van der Waals surface area (Å²) < 4.78 is 6.35. The lowest BCUT2D eigenvalue weighted by atomic mass is 9.98. The van der Waals surface area contributed by atoms with E-state index in [4.69, 9.17) is 22.2 Å². The normalized spacial score (nSPS) is 12.2. The average molecular weight is 342 g/mol. The second-order valence-corrected chi connectivity index (χ2v) is 5.33. The van der Waals surface area contributed by atoms with Crippen molar-refractivity contribution < 1.29 is 4.74 Å². The van der Waals surface area contributed by atoms with Gasteiger partial charge >= 0.3 is 0 Å². The Hall–Kier alpha value is -1.07. The molecular formula is C14H14BrClN2O. The Morgan fingerprint density at radius 1 is 1.21 bits per heavy atom. The molecule has 0 saturated carbocycles.